The first-order valence-corrected chi connectivity index (χ1v) is 8.07. The van der Waals surface area contributed by atoms with E-state index in [1.54, 1.807) is 11.8 Å². The van der Waals surface area contributed by atoms with Crippen molar-refractivity contribution in [2.45, 2.75) is 51.2 Å². The number of aryl methyl sites for hydroxylation is 1. The molecule has 19 heavy (non-hydrogen) atoms. The molecule has 5 nitrogen and oxygen atoms in total. The lowest BCUT2D eigenvalue weighted by molar-refractivity contribution is 0.0939. The van der Waals surface area contributed by atoms with Crippen molar-refractivity contribution in [1.29, 1.82) is 0 Å². The smallest absolute Gasteiger partial charge is 0.291 e. The average Bonchev–Trinajstić information content (AvgIpc) is 2.90. The topological polar surface area (TPSA) is 70.7 Å². The Labute approximate surface area is 119 Å². The summed E-state index contributed by atoms with van der Waals surface area (Å²) in [6, 6.07) is 0. The molecule has 0 radical (unpaired) electrons. The number of H-pyrrole nitrogens is 1. The van der Waals surface area contributed by atoms with E-state index in [2.05, 4.69) is 47.5 Å². The number of aromatic amines is 1. The lowest BCUT2D eigenvalue weighted by Crippen LogP contribution is -2.40. The van der Waals surface area contributed by atoms with Gasteiger partial charge < -0.3 is 5.32 Å². The third-order valence-corrected chi connectivity index (χ3v) is 5.10. The van der Waals surface area contributed by atoms with Crippen LogP contribution < -0.4 is 5.32 Å². The first kappa shape index (κ1) is 16.0. The van der Waals surface area contributed by atoms with Crippen LogP contribution in [-0.2, 0) is 6.42 Å². The fraction of sp³-hybridized carbons (Fsp3) is 0.769. The molecular formula is C13H24N4OS. The first-order valence-electron chi connectivity index (χ1n) is 6.85. The second-order valence-corrected chi connectivity index (χ2v) is 5.91. The Morgan fingerprint density at radius 2 is 2.05 bits per heavy atom. The van der Waals surface area contributed by atoms with Gasteiger partial charge in [-0.1, -0.05) is 20.8 Å². The fourth-order valence-corrected chi connectivity index (χ4v) is 2.72. The molecular weight excluding hydrogens is 260 g/mol. The van der Waals surface area contributed by atoms with Gasteiger partial charge in [-0.15, -0.1) is 5.10 Å². The molecule has 1 amide bonds. The summed E-state index contributed by atoms with van der Waals surface area (Å²) >= 11 is 1.80. The van der Waals surface area contributed by atoms with Crippen molar-refractivity contribution in [3.05, 3.63) is 11.6 Å². The summed E-state index contributed by atoms with van der Waals surface area (Å²) in [5.74, 6) is 0.819. The molecule has 2 N–H and O–H groups in total. The van der Waals surface area contributed by atoms with Crippen molar-refractivity contribution >= 4 is 17.7 Å². The Kier molecular flexibility index (Phi) is 6.34. The molecule has 0 saturated heterocycles. The van der Waals surface area contributed by atoms with E-state index in [1.165, 1.54) is 0 Å². The lowest BCUT2D eigenvalue weighted by atomic mass is 10.0. The molecule has 1 aromatic rings. The third-order valence-electron chi connectivity index (χ3n) is 3.51. The molecule has 0 bridgehead atoms. The standard InChI is InChI=1S/C13H24N4OS/c1-5-8-10-15-11(17-16-10)12(18)14-9-13(6-2,7-3)19-4/h5-9H2,1-4H3,(H,14,18)(H,15,16,17). The Hall–Kier alpha value is -1.04. The molecule has 6 heteroatoms. The van der Waals surface area contributed by atoms with Gasteiger partial charge in [0.2, 0.25) is 5.82 Å². The summed E-state index contributed by atoms with van der Waals surface area (Å²) in [5, 5.41) is 9.70. The Bertz CT molecular complexity index is 393. The van der Waals surface area contributed by atoms with E-state index in [1.807, 2.05) is 0 Å². The highest BCUT2D eigenvalue weighted by molar-refractivity contribution is 8.00. The van der Waals surface area contributed by atoms with E-state index < -0.39 is 0 Å². The zero-order valence-electron chi connectivity index (χ0n) is 12.2. The minimum absolute atomic E-state index is 0.109. The van der Waals surface area contributed by atoms with Crippen LogP contribution in [0.25, 0.3) is 0 Å². The van der Waals surface area contributed by atoms with E-state index in [4.69, 9.17) is 0 Å². The van der Waals surface area contributed by atoms with Gasteiger partial charge >= 0.3 is 0 Å². The maximum absolute atomic E-state index is 12.0. The Morgan fingerprint density at radius 1 is 1.37 bits per heavy atom. The van der Waals surface area contributed by atoms with Gasteiger partial charge in [0.25, 0.3) is 5.91 Å². The number of thioether (sulfide) groups is 1. The van der Waals surface area contributed by atoms with E-state index in [0.717, 1.165) is 31.5 Å². The van der Waals surface area contributed by atoms with Gasteiger partial charge in [0, 0.05) is 17.7 Å². The molecule has 0 atom stereocenters. The van der Waals surface area contributed by atoms with Gasteiger partial charge in [0.15, 0.2) is 0 Å². The second kappa shape index (κ2) is 7.53. The van der Waals surface area contributed by atoms with Crippen molar-refractivity contribution in [2.75, 3.05) is 12.8 Å². The van der Waals surface area contributed by atoms with E-state index in [0.29, 0.717) is 6.54 Å². The van der Waals surface area contributed by atoms with Crippen LogP contribution in [-0.4, -0.2) is 38.6 Å². The fourth-order valence-electron chi connectivity index (χ4n) is 1.93. The summed E-state index contributed by atoms with van der Waals surface area (Å²) in [5.41, 5.74) is 0. The molecule has 0 aliphatic heterocycles. The molecule has 0 unspecified atom stereocenters. The predicted octanol–water partition coefficient (Wildman–Crippen LogP) is 2.41. The molecule has 108 valence electrons. The van der Waals surface area contributed by atoms with Gasteiger partial charge in [-0.2, -0.15) is 11.8 Å². The number of nitrogens with one attached hydrogen (secondary N) is 2. The summed E-state index contributed by atoms with van der Waals surface area (Å²) in [7, 11) is 0. The Balaban J connectivity index is 2.58. The van der Waals surface area contributed by atoms with E-state index in [-0.39, 0.29) is 16.5 Å². The van der Waals surface area contributed by atoms with Crippen LogP contribution in [0.3, 0.4) is 0 Å². The van der Waals surface area contributed by atoms with Gasteiger partial charge in [-0.05, 0) is 25.5 Å². The molecule has 1 rings (SSSR count). The van der Waals surface area contributed by atoms with Crippen LogP contribution in [0, 0.1) is 0 Å². The molecule has 0 spiro atoms. The number of carbonyl (C=O) groups excluding carboxylic acids is 1. The van der Waals surface area contributed by atoms with Crippen molar-refractivity contribution in [2.24, 2.45) is 0 Å². The molecule has 1 heterocycles. The van der Waals surface area contributed by atoms with Gasteiger partial charge in [0.1, 0.15) is 5.82 Å². The molecule has 0 fully saturated rings. The minimum atomic E-state index is -0.195. The quantitative estimate of drug-likeness (QED) is 0.769. The van der Waals surface area contributed by atoms with Gasteiger partial charge in [0.05, 0.1) is 0 Å². The lowest BCUT2D eigenvalue weighted by Gasteiger charge is -2.29. The summed E-state index contributed by atoms with van der Waals surface area (Å²) < 4.78 is 0.109. The predicted molar refractivity (Wildman–Crippen MR) is 79.5 cm³/mol. The average molecular weight is 284 g/mol. The van der Waals surface area contributed by atoms with Gasteiger partial charge in [-0.3, -0.25) is 9.89 Å². The summed E-state index contributed by atoms with van der Waals surface area (Å²) in [4.78, 5) is 16.2. The maximum Gasteiger partial charge on any atom is 0.291 e. The highest BCUT2D eigenvalue weighted by atomic mass is 32.2. The maximum atomic E-state index is 12.0. The monoisotopic (exact) mass is 284 g/mol. The number of hydrogen-bond donors (Lipinski definition) is 2. The molecule has 0 aromatic carbocycles. The molecule has 0 saturated carbocycles. The molecule has 0 aliphatic carbocycles. The number of nitrogens with zero attached hydrogens (tertiary/aromatic N) is 2. The van der Waals surface area contributed by atoms with Crippen LogP contribution in [0.5, 0.6) is 0 Å². The van der Waals surface area contributed by atoms with E-state index in [9.17, 15) is 4.79 Å². The summed E-state index contributed by atoms with van der Waals surface area (Å²) in [6.07, 6.45) is 5.95. The molecule has 1 aromatic heterocycles. The Morgan fingerprint density at radius 3 is 2.58 bits per heavy atom. The highest BCUT2D eigenvalue weighted by Crippen LogP contribution is 2.29. The van der Waals surface area contributed by atoms with Crippen molar-refractivity contribution in [3.8, 4) is 0 Å². The van der Waals surface area contributed by atoms with Crippen LogP contribution in [0.2, 0.25) is 0 Å². The van der Waals surface area contributed by atoms with Crippen molar-refractivity contribution in [1.82, 2.24) is 20.5 Å². The van der Waals surface area contributed by atoms with E-state index >= 15 is 0 Å². The highest BCUT2D eigenvalue weighted by Gasteiger charge is 2.26. The number of hydrogen-bond acceptors (Lipinski definition) is 4. The number of amides is 1. The number of aromatic nitrogens is 3. The van der Waals surface area contributed by atoms with Crippen molar-refractivity contribution < 1.29 is 4.79 Å². The third kappa shape index (κ3) is 4.23. The minimum Gasteiger partial charge on any atom is -0.348 e. The first-order chi connectivity index (χ1) is 9.10. The van der Waals surface area contributed by atoms with Crippen LogP contribution >= 0.6 is 11.8 Å². The van der Waals surface area contributed by atoms with Gasteiger partial charge in [-0.25, -0.2) is 4.98 Å². The SMILES string of the molecule is CCCc1nc(C(=O)NCC(CC)(CC)SC)n[nH]1. The molecule has 0 aliphatic rings. The number of rotatable bonds is 8. The second-order valence-electron chi connectivity index (χ2n) is 4.63. The van der Waals surface area contributed by atoms with Crippen molar-refractivity contribution in [3.63, 3.8) is 0 Å². The van der Waals surface area contributed by atoms with Crippen LogP contribution in [0.4, 0.5) is 0 Å². The zero-order chi connectivity index (χ0) is 14.3. The number of carbonyl (C=O) groups is 1. The summed E-state index contributed by atoms with van der Waals surface area (Å²) in [6.45, 7) is 7.02. The zero-order valence-corrected chi connectivity index (χ0v) is 13.1. The van der Waals surface area contributed by atoms with Crippen LogP contribution in [0.1, 0.15) is 56.5 Å². The largest absolute Gasteiger partial charge is 0.348 e. The normalized spacial score (nSPS) is 11.6. The van der Waals surface area contributed by atoms with Crippen LogP contribution in [0.15, 0.2) is 0 Å².